The predicted octanol–water partition coefficient (Wildman–Crippen LogP) is 1.91. The van der Waals surface area contributed by atoms with Gasteiger partial charge in [-0.1, -0.05) is 30.3 Å². The van der Waals surface area contributed by atoms with Gasteiger partial charge in [-0.2, -0.15) is 8.42 Å². The summed E-state index contributed by atoms with van der Waals surface area (Å²) in [4.78, 5) is 15.1. The Kier molecular flexibility index (Phi) is 5.46. The van der Waals surface area contributed by atoms with E-state index in [4.69, 9.17) is 8.92 Å². The third-order valence-corrected chi connectivity index (χ3v) is 5.84. The SMILES string of the molecule is CN1[C@H]2CC[C@H]1CC(OC(=O)[C@H](COS(C)(=O)=O)c1ccccc1)C2. The first-order valence-corrected chi connectivity index (χ1v) is 10.5. The van der Waals surface area contributed by atoms with Crippen LogP contribution in [0.2, 0.25) is 0 Å². The van der Waals surface area contributed by atoms with Crippen LogP contribution in [0.3, 0.4) is 0 Å². The summed E-state index contributed by atoms with van der Waals surface area (Å²) in [6.45, 7) is -0.235. The van der Waals surface area contributed by atoms with Crippen molar-refractivity contribution >= 4 is 16.1 Å². The molecule has 0 aliphatic carbocycles. The van der Waals surface area contributed by atoms with Crippen LogP contribution >= 0.6 is 0 Å². The van der Waals surface area contributed by atoms with E-state index in [9.17, 15) is 13.2 Å². The molecule has 1 aromatic rings. The predicted molar refractivity (Wildman–Crippen MR) is 93.7 cm³/mol. The Labute approximate surface area is 149 Å². The normalized spacial score (nSPS) is 27.8. The molecule has 3 atom stereocenters. The van der Waals surface area contributed by atoms with Crippen LogP contribution in [0, 0.1) is 0 Å². The van der Waals surface area contributed by atoms with Gasteiger partial charge in [0.1, 0.15) is 12.0 Å². The topological polar surface area (TPSA) is 72.9 Å². The number of nitrogens with zero attached hydrogens (tertiary/aromatic N) is 1. The van der Waals surface area contributed by atoms with Crippen LogP contribution in [0.4, 0.5) is 0 Å². The lowest BCUT2D eigenvalue weighted by Gasteiger charge is -2.36. The Balaban J connectivity index is 1.69. The van der Waals surface area contributed by atoms with Crippen LogP contribution in [-0.2, 0) is 23.8 Å². The van der Waals surface area contributed by atoms with Gasteiger partial charge < -0.3 is 9.64 Å². The van der Waals surface area contributed by atoms with Gasteiger partial charge >= 0.3 is 5.97 Å². The lowest BCUT2D eigenvalue weighted by atomic mass is 9.98. The van der Waals surface area contributed by atoms with E-state index in [1.165, 1.54) is 0 Å². The van der Waals surface area contributed by atoms with E-state index in [1.54, 1.807) is 12.1 Å². The molecule has 2 aliphatic rings. The number of fused-ring (bicyclic) bond motifs is 2. The van der Waals surface area contributed by atoms with E-state index in [-0.39, 0.29) is 12.7 Å². The number of piperidine rings is 1. The van der Waals surface area contributed by atoms with Gasteiger partial charge in [-0.15, -0.1) is 0 Å². The molecular weight excluding hydrogens is 342 g/mol. The molecule has 2 aliphatic heterocycles. The molecule has 1 aromatic carbocycles. The highest BCUT2D eigenvalue weighted by molar-refractivity contribution is 7.85. The summed E-state index contributed by atoms with van der Waals surface area (Å²) in [6.07, 6.45) is 4.85. The number of hydrogen-bond acceptors (Lipinski definition) is 6. The molecule has 3 rings (SSSR count). The third-order valence-electron chi connectivity index (χ3n) is 5.27. The summed E-state index contributed by atoms with van der Waals surface area (Å²) in [5, 5.41) is 0. The number of benzene rings is 1. The van der Waals surface area contributed by atoms with E-state index in [1.807, 2.05) is 18.2 Å². The van der Waals surface area contributed by atoms with Crippen LogP contribution in [-0.4, -0.2) is 57.4 Å². The standard InChI is InChI=1S/C18H25NO5S/c1-19-14-8-9-15(19)11-16(10-14)24-18(20)17(12-23-25(2,21)22)13-6-4-3-5-7-13/h3-7,14-17H,8-12H2,1-2H3/t14-,15-,17+/m0/s1. The monoisotopic (exact) mass is 367 g/mol. The summed E-state index contributed by atoms with van der Waals surface area (Å²) >= 11 is 0. The molecular formula is C18H25NO5S. The highest BCUT2D eigenvalue weighted by Crippen LogP contribution is 2.36. The van der Waals surface area contributed by atoms with Crippen molar-refractivity contribution < 1.29 is 22.1 Å². The van der Waals surface area contributed by atoms with E-state index in [2.05, 4.69) is 11.9 Å². The summed E-state index contributed by atoms with van der Waals surface area (Å²) in [5.74, 6) is -1.16. The van der Waals surface area contributed by atoms with E-state index in [0.29, 0.717) is 17.6 Å². The molecule has 138 valence electrons. The molecule has 0 N–H and O–H groups in total. The van der Waals surface area contributed by atoms with E-state index in [0.717, 1.165) is 31.9 Å². The number of rotatable bonds is 6. The molecule has 0 spiro atoms. The van der Waals surface area contributed by atoms with Gasteiger partial charge in [-0.25, -0.2) is 0 Å². The average molecular weight is 367 g/mol. The smallest absolute Gasteiger partial charge is 0.316 e. The van der Waals surface area contributed by atoms with Crippen molar-refractivity contribution in [3.63, 3.8) is 0 Å². The highest BCUT2D eigenvalue weighted by Gasteiger charge is 2.40. The second-order valence-electron chi connectivity index (χ2n) is 7.03. The summed E-state index contributed by atoms with van der Waals surface area (Å²) < 4.78 is 33.3. The fourth-order valence-electron chi connectivity index (χ4n) is 3.88. The van der Waals surface area contributed by atoms with Gasteiger partial charge in [-0.05, 0) is 38.3 Å². The molecule has 2 bridgehead atoms. The molecule has 0 saturated carbocycles. The minimum atomic E-state index is -3.62. The van der Waals surface area contributed by atoms with Crippen molar-refractivity contribution in [2.24, 2.45) is 0 Å². The Bertz CT molecular complexity index is 691. The maximum Gasteiger partial charge on any atom is 0.316 e. The van der Waals surface area contributed by atoms with Crippen molar-refractivity contribution in [1.82, 2.24) is 4.90 Å². The summed E-state index contributed by atoms with van der Waals surface area (Å²) in [7, 11) is -1.49. The Morgan fingerprint density at radius 2 is 1.80 bits per heavy atom. The molecule has 7 heteroatoms. The van der Waals surface area contributed by atoms with Gasteiger partial charge in [0.2, 0.25) is 0 Å². The molecule has 2 saturated heterocycles. The molecule has 0 amide bonds. The van der Waals surface area contributed by atoms with Gasteiger partial charge in [0.25, 0.3) is 10.1 Å². The van der Waals surface area contributed by atoms with Crippen molar-refractivity contribution in [1.29, 1.82) is 0 Å². The molecule has 2 fully saturated rings. The maximum atomic E-state index is 12.7. The molecule has 25 heavy (non-hydrogen) atoms. The Morgan fingerprint density at radius 3 is 2.36 bits per heavy atom. The number of carbonyl (C=O) groups excluding carboxylic acids is 1. The second-order valence-corrected chi connectivity index (χ2v) is 8.68. The minimum absolute atomic E-state index is 0.106. The van der Waals surface area contributed by atoms with Gasteiger partial charge in [0.05, 0.1) is 12.9 Å². The van der Waals surface area contributed by atoms with Crippen LogP contribution in [0.5, 0.6) is 0 Å². The van der Waals surface area contributed by atoms with Crippen LogP contribution in [0.1, 0.15) is 37.2 Å². The lowest BCUT2D eigenvalue weighted by molar-refractivity contribution is -0.155. The van der Waals surface area contributed by atoms with Crippen molar-refractivity contribution in [3.8, 4) is 0 Å². The van der Waals surface area contributed by atoms with Crippen molar-refractivity contribution in [3.05, 3.63) is 35.9 Å². The summed E-state index contributed by atoms with van der Waals surface area (Å²) in [6, 6.07) is 9.99. The first kappa shape index (κ1) is 18.4. The van der Waals surface area contributed by atoms with Crippen molar-refractivity contribution in [2.75, 3.05) is 19.9 Å². The first-order chi connectivity index (χ1) is 11.8. The molecule has 0 radical (unpaired) electrons. The lowest BCUT2D eigenvalue weighted by Crippen LogP contribution is -2.44. The zero-order valence-corrected chi connectivity index (χ0v) is 15.4. The quantitative estimate of drug-likeness (QED) is 0.565. The first-order valence-electron chi connectivity index (χ1n) is 8.65. The van der Waals surface area contributed by atoms with Gasteiger partial charge in [0.15, 0.2) is 0 Å². The molecule has 0 unspecified atom stereocenters. The van der Waals surface area contributed by atoms with Gasteiger partial charge in [-0.3, -0.25) is 8.98 Å². The Hall–Kier alpha value is -1.44. The van der Waals surface area contributed by atoms with E-state index >= 15 is 0 Å². The number of carbonyl (C=O) groups is 1. The second kappa shape index (κ2) is 7.43. The fourth-order valence-corrected chi connectivity index (χ4v) is 4.26. The third kappa shape index (κ3) is 4.59. The van der Waals surface area contributed by atoms with Crippen LogP contribution < -0.4 is 0 Å². The van der Waals surface area contributed by atoms with Gasteiger partial charge in [0, 0.05) is 12.1 Å². The summed E-state index contributed by atoms with van der Waals surface area (Å²) in [5.41, 5.74) is 0.701. The fraction of sp³-hybridized carbons (Fsp3) is 0.611. The molecule has 6 nitrogen and oxygen atoms in total. The maximum absolute atomic E-state index is 12.7. The zero-order chi connectivity index (χ0) is 18.0. The largest absolute Gasteiger partial charge is 0.462 e. The Morgan fingerprint density at radius 1 is 1.20 bits per heavy atom. The number of ether oxygens (including phenoxy) is 1. The van der Waals surface area contributed by atoms with Crippen LogP contribution in [0.15, 0.2) is 30.3 Å². The average Bonchev–Trinajstić information content (AvgIpc) is 2.77. The van der Waals surface area contributed by atoms with Crippen molar-refractivity contribution in [2.45, 2.75) is 49.8 Å². The highest BCUT2D eigenvalue weighted by atomic mass is 32.2. The number of esters is 1. The van der Waals surface area contributed by atoms with E-state index < -0.39 is 22.0 Å². The number of hydrogen-bond donors (Lipinski definition) is 0. The molecule has 2 heterocycles. The molecule has 0 aromatic heterocycles. The minimum Gasteiger partial charge on any atom is -0.462 e. The zero-order valence-electron chi connectivity index (χ0n) is 14.6. The van der Waals surface area contributed by atoms with Crippen LogP contribution in [0.25, 0.3) is 0 Å².